The van der Waals surface area contributed by atoms with E-state index in [4.69, 9.17) is 25.0 Å². The number of nitrogens with two attached hydrogens (primary N) is 1. The van der Waals surface area contributed by atoms with Gasteiger partial charge in [-0.2, -0.15) is 9.10 Å². The summed E-state index contributed by atoms with van der Waals surface area (Å²) >= 11 is 3.62. The van der Waals surface area contributed by atoms with Crippen LogP contribution in [0.5, 0.6) is 17.2 Å². The van der Waals surface area contributed by atoms with E-state index in [1.165, 1.54) is 9.10 Å². The molecule has 15 heteroatoms. The number of methoxy groups -OCH3 is 3. The molecule has 0 amide bonds. The molecule has 7 aromatic rings. The average molecular weight is 808 g/mol. The molecule has 0 aliphatic carbocycles. The quantitative estimate of drug-likeness (QED) is 0.131. The molecule has 7 rings (SSSR count). The number of anilines is 1. The van der Waals surface area contributed by atoms with Gasteiger partial charge >= 0.3 is 0 Å². The van der Waals surface area contributed by atoms with Crippen LogP contribution >= 0.6 is 15.9 Å². The van der Waals surface area contributed by atoms with Crippen molar-refractivity contribution in [1.82, 2.24) is 34.5 Å². The van der Waals surface area contributed by atoms with Gasteiger partial charge in [-0.1, -0.05) is 60.7 Å². The predicted molar refractivity (Wildman–Crippen MR) is 208 cm³/mol. The third kappa shape index (κ3) is 7.60. The van der Waals surface area contributed by atoms with Crippen molar-refractivity contribution in [2.75, 3.05) is 27.1 Å². The average Bonchev–Trinajstić information content (AvgIpc) is 3.66. The van der Waals surface area contributed by atoms with E-state index in [2.05, 4.69) is 36.2 Å². The molecular weight excluding hydrogens is 772 g/mol. The van der Waals surface area contributed by atoms with Crippen molar-refractivity contribution in [3.8, 4) is 39.8 Å². The van der Waals surface area contributed by atoms with E-state index in [0.29, 0.717) is 38.4 Å². The van der Waals surface area contributed by atoms with Crippen molar-refractivity contribution in [2.45, 2.75) is 24.5 Å². The van der Waals surface area contributed by atoms with E-state index in [9.17, 15) is 0 Å². The highest BCUT2D eigenvalue weighted by Crippen LogP contribution is 2.43. The molecule has 13 nitrogen and oxygen atoms in total. The van der Waals surface area contributed by atoms with E-state index < -0.39 is 10.0 Å². The number of tetrazole rings is 1. The first-order valence-electron chi connectivity index (χ1n) is 16.7. The van der Waals surface area contributed by atoms with Crippen LogP contribution in [-0.2, 0) is 29.7 Å². The lowest BCUT2D eigenvalue weighted by Crippen LogP contribution is -2.31. The number of fused-ring (bicyclic) bond motifs is 1. The zero-order valence-corrected chi connectivity index (χ0v) is 32.0. The third-order valence-corrected chi connectivity index (χ3v) is 11.6. The SMILES string of the molecule is COc1ccc(CN(Cc2ccc(OC)cc2)S(=O)(=O)c2c(Br)ccc(-c3cccc4cnc(N)nc34)c2-c2nnn(Cc3ccc(OC)cc3)n2)cc1. The van der Waals surface area contributed by atoms with E-state index in [1.54, 1.807) is 57.9 Å². The highest BCUT2D eigenvalue weighted by atomic mass is 79.9. The van der Waals surface area contributed by atoms with Crippen LogP contribution in [0.1, 0.15) is 16.7 Å². The maximum atomic E-state index is 15.4. The lowest BCUT2D eigenvalue weighted by Gasteiger charge is -2.25. The number of rotatable bonds is 13. The van der Waals surface area contributed by atoms with Crippen LogP contribution in [0.3, 0.4) is 0 Å². The van der Waals surface area contributed by atoms with Crippen LogP contribution in [0.2, 0.25) is 0 Å². The van der Waals surface area contributed by atoms with Gasteiger partial charge in [0.2, 0.25) is 21.8 Å². The number of hydrogen-bond acceptors (Lipinski definition) is 11. The molecule has 0 unspecified atom stereocenters. The summed E-state index contributed by atoms with van der Waals surface area (Å²) in [6.45, 7) is 0.371. The molecule has 0 saturated carbocycles. The first-order valence-corrected chi connectivity index (χ1v) is 18.9. The smallest absolute Gasteiger partial charge is 0.245 e. The highest BCUT2D eigenvalue weighted by molar-refractivity contribution is 9.10. The zero-order chi connectivity index (χ0) is 37.8. The minimum absolute atomic E-state index is 0.0370. The van der Waals surface area contributed by atoms with Gasteiger partial charge in [-0.15, -0.1) is 10.2 Å². The summed E-state index contributed by atoms with van der Waals surface area (Å²) in [5.41, 5.74) is 10.4. The van der Waals surface area contributed by atoms with Gasteiger partial charge in [0.25, 0.3) is 0 Å². The molecule has 2 aromatic heterocycles. The molecule has 0 radical (unpaired) electrons. The molecule has 0 spiro atoms. The third-order valence-electron chi connectivity index (χ3n) is 8.82. The summed E-state index contributed by atoms with van der Waals surface area (Å²) in [4.78, 5) is 10.1. The van der Waals surface area contributed by atoms with Gasteiger partial charge in [0, 0.05) is 34.7 Å². The van der Waals surface area contributed by atoms with Gasteiger partial charge in [0.15, 0.2) is 0 Å². The number of para-hydroxylation sites is 1. The number of ether oxygens (including phenoxy) is 3. The Morgan fingerprint density at radius 1 is 0.741 bits per heavy atom. The fourth-order valence-electron chi connectivity index (χ4n) is 6.07. The van der Waals surface area contributed by atoms with Crippen LogP contribution in [0, 0.1) is 0 Å². The van der Waals surface area contributed by atoms with Crippen molar-refractivity contribution in [3.63, 3.8) is 0 Å². The number of nitrogens with zero attached hydrogens (tertiary/aromatic N) is 7. The molecule has 274 valence electrons. The molecule has 0 aliphatic heterocycles. The maximum absolute atomic E-state index is 15.4. The van der Waals surface area contributed by atoms with Crippen LogP contribution in [0.4, 0.5) is 5.95 Å². The molecule has 0 saturated heterocycles. The van der Waals surface area contributed by atoms with Crippen molar-refractivity contribution >= 4 is 42.8 Å². The number of halogens is 1. The first-order chi connectivity index (χ1) is 26.2. The van der Waals surface area contributed by atoms with E-state index >= 15 is 8.42 Å². The van der Waals surface area contributed by atoms with Crippen LogP contribution < -0.4 is 19.9 Å². The standard InChI is InChI=1S/C39H35BrN8O5S/c1-51-29-13-7-25(8-14-29)22-47(23-26-9-15-30(52-2)16-10-26)54(49,50)37-34(40)20-19-32(33-6-4-5-28-21-42-39(41)43-36(28)33)35(37)38-44-46-48(45-38)24-27-11-17-31(53-3)18-12-27/h4-21H,22-24H2,1-3H3,(H2,41,42,43). The molecule has 0 bridgehead atoms. The minimum atomic E-state index is -4.35. The molecule has 2 N–H and O–H groups in total. The van der Waals surface area contributed by atoms with Gasteiger partial charge < -0.3 is 19.9 Å². The second-order valence-electron chi connectivity index (χ2n) is 12.2. The second-order valence-corrected chi connectivity index (χ2v) is 15.0. The van der Waals surface area contributed by atoms with E-state index in [0.717, 1.165) is 22.1 Å². The number of hydrogen-bond donors (Lipinski definition) is 1. The number of nitrogen functional groups attached to an aromatic ring is 1. The summed E-state index contributed by atoms with van der Waals surface area (Å²) in [7, 11) is 0.417. The summed E-state index contributed by atoms with van der Waals surface area (Å²) in [5.74, 6) is 2.21. The van der Waals surface area contributed by atoms with Crippen LogP contribution in [-0.4, -0.2) is 64.2 Å². The number of aromatic nitrogens is 6. The summed E-state index contributed by atoms with van der Waals surface area (Å²) < 4.78 is 48.5. The molecule has 0 atom stereocenters. The lowest BCUT2D eigenvalue weighted by atomic mass is 9.97. The van der Waals surface area contributed by atoms with Crippen molar-refractivity contribution in [2.24, 2.45) is 0 Å². The van der Waals surface area contributed by atoms with Gasteiger partial charge in [-0.05, 0) is 85.9 Å². The van der Waals surface area contributed by atoms with Crippen molar-refractivity contribution < 1.29 is 22.6 Å². The fourth-order valence-corrected chi connectivity index (χ4v) is 8.69. The Labute approximate surface area is 320 Å². The second kappa shape index (κ2) is 15.6. The van der Waals surface area contributed by atoms with Crippen molar-refractivity contribution in [1.29, 1.82) is 0 Å². The summed E-state index contributed by atoms with van der Waals surface area (Å²) in [6.07, 6.45) is 1.63. The van der Waals surface area contributed by atoms with Gasteiger partial charge in [-0.25, -0.2) is 18.4 Å². The van der Waals surface area contributed by atoms with Gasteiger partial charge in [-0.3, -0.25) is 0 Å². The van der Waals surface area contributed by atoms with Crippen LogP contribution in [0.15, 0.2) is 119 Å². The molecule has 54 heavy (non-hydrogen) atoms. The van der Waals surface area contributed by atoms with Gasteiger partial charge in [0.1, 0.15) is 22.1 Å². The maximum Gasteiger partial charge on any atom is 0.245 e. The fraction of sp³-hybridized carbons (Fsp3) is 0.154. The summed E-state index contributed by atoms with van der Waals surface area (Å²) in [6, 6.07) is 31.1. The Morgan fingerprint density at radius 3 is 1.89 bits per heavy atom. The normalized spacial score (nSPS) is 11.6. The predicted octanol–water partition coefficient (Wildman–Crippen LogP) is 6.76. The Kier molecular flexibility index (Phi) is 10.5. The largest absolute Gasteiger partial charge is 0.497 e. The molecule has 5 aromatic carbocycles. The van der Waals surface area contributed by atoms with E-state index in [-0.39, 0.29) is 41.9 Å². The molecule has 2 heterocycles. The molecular formula is C39H35BrN8O5S. The number of sulfonamides is 1. The van der Waals surface area contributed by atoms with Crippen molar-refractivity contribution in [3.05, 3.63) is 130 Å². The Hall–Kier alpha value is -5.90. The van der Waals surface area contributed by atoms with Gasteiger partial charge in [0.05, 0.1) is 39.0 Å². The Bertz CT molecular complexity index is 2480. The van der Waals surface area contributed by atoms with Crippen LogP contribution in [0.25, 0.3) is 33.4 Å². The summed E-state index contributed by atoms with van der Waals surface area (Å²) in [5, 5.41) is 14.3. The molecule has 0 aliphatic rings. The monoisotopic (exact) mass is 806 g/mol. The highest BCUT2D eigenvalue weighted by Gasteiger charge is 2.34. The lowest BCUT2D eigenvalue weighted by molar-refractivity contribution is 0.397. The minimum Gasteiger partial charge on any atom is -0.497 e. The number of benzene rings is 5. The van der Waals surface area contributed by atoms with E-state index in [1.807, 2.05) is 72.8 Å². The first kappa shape index (κ1) is 36.5. The Morgan fingerprint density at radius 2 is 1.31 bits per heavy atom. The molecule has 0 fully saturated rings. The topological polar surface area (TPSA) is 160 Å². The zero-order valence-electron chi connectivity index (χ0n) is 29.5. The Balaban J connectivity index is 1.42.